The first-order valence-electron chi connectivity index (χ1n) is 8.17. The van der Waals surface area contributed by atoms with Crippen molar-refractivity contribution in [2.24, 2.45) is 0 Å². The molecular formula is C23H21N. The number of benzene rings is 2. The van der Waals surface area contributed by atoms with Crippen molar-refractivity contribution in [2.75, 3.05) is 0 Å². The summed E-state index contributed by atoms with van der Waals surface area (Å²) in [7, 11) is 0. The van der Waals surface area contributed by atoms with E-state index >= 15 is 0 Å². The van der Waals surface area contributed by atoms with Crippen molar-refractivity contribution in [2.45, 2.75) is 12.8 Å². The van der Waals surface area contributed by atoms with Crippen molar-refractivity contribution in [3.05, 3.63) is 103 Å². The molecule has 0 atom stereocenters. The third kappa shape index (κ3) is 3.69. The highest BCUT2D eigenvalue weighted by Gasteiger charge is 2.04. The van der Waals surface area contributed by atoms with Crippen LogP contribution < -0.4 is 0 Å². The first-order valence-corrected chi connectivity index (χ1v) is 8.17. The molecule has 1 heterocycles. The smallest absolute Gasteiger partial charge is 0.0709 e. The predicted octanol–water partition coefficient (Wildman–Crippen LogP) is 5.87. The molecule has 0 saturated carbocycles. The van der Waals surface area contributed by atoms with Gasteiger partial charge in [0.25, 0.3) is 0 Å². The zero-order valence-corrected chi connectivity index (χ0v) is 13.8. The number of nitrogens with zero attached hydrogens (tertiary/aromatic N) is 1. The average molecular weight is 311 g/mol. The molecule has 0 radical (unpaired) electrons. The lowest BCUT2D eigenvalue weighted by atomic mass is 10.0. The van der Waals surface area contributed by atoms with E-state index in [9.17, 15) is 0 Å². The molecule has 3 aromatic rings. The van der Waals surface area contributed by atoms with Gasteiger partial charge in [-0.2, -0.15) is 0 Å². The van der Waals surface area contributed by atoms with Crippen molar-refractivity contribution in [3.8, 4) is 22.5 Å². The fourth-order valence-corrected chi connectivity index (χ4v) is 2.71. The van der Waals surface area contributed by atoms with Crippen molar-refractivity contribution in [1.29, 1.82) is 0 Å². The van der Waals surface area contributed by atoms with Gasteiger partial charge in [-0.15, -0.1) is 13.2 Å². The van der Waals surface area contributed by atoms with E-state index < -0.39 is 0 Å². The minimum absolute atomic E-state index is 0.894. The van der Waals surface area contributed by atoms with Crippen LogP contribution >= 0.6 is 0 Å². The van der Waals surface area contributed by atoms with Crippen LogP contribution in [0.15, 0.2) is 92.0 Å². The summed E-state index contributed by atoms with van der Waals surface area (Å²) >= 11 is 0. The van der Waals surface area contributed by atoms with Crippen molar-refractivity contribution in [3.63, 3.8) is 0 Å². The first kappa shape index (κ1) is 15.9. The minimum Gasteiger partial charge on any atom is -0.248 e. The van der Waals surface area contributed by atoms with Crippen LogP contribution in [0.25, 0.3) is 22.5 Å². The molecule has 1 nitrogen and oxygen atoms in total. The third-order valence-electron chi connectivity index (χ3n) is 4.01. The van der Waals surface area contributed by atoms with Crippen LogP contribution in [0.4, 0.5) is 0 Å². The van der Waals surface area contributed by atoms with Crippen molar-refractivity contribution >= 4 is 0 Å². The Balaban J connectivity index is 1.88. The van der Waals surface area contributed by atoms with Gasteiger partial charge in [0.05, 0.1) is 11.4 Å². The molecule has 0 aliphatic heterocycles. The van der Waals surface area contributed by atoms with Crippen LogP contribution in [0, 0.1) is 0 Å². The number of hydrogen-bond acceptors (Lipinski definition) is 1. The van der Waals surface area contributed by atoms with E-state index in [1.807, 2.05) is 12.2 Å². The van der Waals surface area contributed by atoms with E-state index in [0.29, 0.717) is 0 Å². The Hall–Kier alpha value is -2.93. The van der Waals surface area contributed by atoms with Gasteiger partial charge in [-0.3, -0.25) is 0 Å². The van der Waals surface area contributed by atoms with E-state index in [-0.39, 0.29) is 0 Å². The average Bonchev–Trinajstić information content (AvgIpc) is 2.64. The van der Waals surface area contributed by atoms with E-state index in [1.165, 1.54) is 11.1 Å². The van der Waals surface area contributed by atoms with Gasteiger partial charge in [0.2, 0.25) is 0 Å². The molecule has 0 bridgehead atoms. The topological polar surface area (TPSA) is 12.9 Å². The van der Waals surface area contributed by atoms with Gasteiger partial charge in [0, 0.05) is 11.1 Å². The van der Waals surface area contributed by atoms with Crippen molar-refractivity contribution < 1.29 is 0 Å². The lowest BCUT2D eigenvalue weighted by molar-refractivity contribution is 1.26. The second-order valence-corrected chi connectivity index (χ2v) is 5.79. The second-order valence-electron chi connectivity index (χ2n) is 5.79. The Morgan fingerprint density at radius 3 is 1.42 bits per heavy atom. The van der Waals surface area contributed by atoms with Gasteiger partial charge in [-0.05, 0) is 36.1 Å². The Bertz CT molecular complexity index is 758. The molecule has 0 fully saturated rings. The summed E-state index contributed by atoms with van der Waals surface area (Å²) < 4.78 is 0. The van der Waals surface area contributed by atoms with Gasteiger partial charge in [0.15, 0.2) is 0 Å². The van der Waals surface area contributed by atoms with Crippen LogP contribution in [-0.4, -0.2) is 4.98 Å². The van der Waals surface area contributed by atoms with Gasteiger partial charge < -0.3 is 0 Å². The summed E-state index contributed by atoms with van der Waals surface area (Å²) in [4.78, 5) is 4.82. The summed E-state index contributed by atoms with van der Waals surface area (Å²) in [5.41, 5.74) is 6.78. The molecule has 0 N–H and O–H groups in total. The lowest BCUT2D eigenvalue weighted by Gasteiger charge is -2.07. The largest absolute Gasteiger partial charge is 0.248 e. The molecule has 0 spiro atoms. The first-order chi connectivity index (χ1) is 11.8. The molecular weight excluding hydrogens is 290 g/mol. The molecule has 2 aromatic carbocycles. The normalized spacial score (nSPS) is 10.3. The monoisotopic (exact) mass is 311 g/mol. The minimum atomic E-state index is 0.894. The van der Waals surface area contributed by atoms with Crippen LogP contribution in [0.2, 0.25) is 0 Å². The Kier molecular flexibility index (Phi) is 5.02. The number of rotatable bonds is 6. The molecule has 0 aliphatic carbocycles. The number of aromatic nitrogens is 1. The predicted molar refractivity (Wildman–Crippen MR) is 103 cm³/mol. The number of allylic oxidation sites excluding steroid dienone is 2. The fraction of sp³-hybridized carbons (Fsp3) is 0.0870. The second kappa shape index (κ2) is 7.56. The summed E-state index contributed by atoms with van der Waals surface area (Å²) in [6.07, 6.45) is 5.63. The zero-order chi connectivity index (χ0) is 16.8. The summed E-state index contributed by atoms with van der Waals surface area (Å²) in [6, 6.07) is 23.2. The van der Waals surface area contributed by atoms with E-state index in [2.05, 4.69) is 79.9 Å². The number of hydrogen-bond donors (Lipinski definition) is 0. The highest BCUT2D eigenvalue weighted by atomic mass is 14.7. The zero-order valence-electron chi connectivity index (χ0n) is 13.8. The molecule has 0 amide bonds. The Labute approximate surface area is 144 Å². The van der Waals surface area contributed by atoms with Gasteiger partial charge in [0.1, 0.15) is 0 Å². The fourth-order valence-electron chi connectivity index (χ4n) is 2.71. The van der Waals surface area contributed by atoms with Gasteiger partial charge >= 0.3 is 0 Å². The Morgan fingerprint density at radius 2 is 1.04 bits per heavy atom. The molecule has 1 aromatic heterocycles. The molecule has 24 heavy (non-hydrogen) atoms. The molecule has 118 valence electrons. The standard InChI is InChI=1S/C23H21N/c1-3-6-18-10-14-20(15-11-18)22-8-5-9-23(24-22)21-16-12-19(7-4-2)13-17-21/h3-5,8-17H,1-2,6-7H2. The maximum absolute atomic E-state index is 4.82. The van der Waals surface area contributed by atoms with E-state index in [1.54, 1.807) is 0 Å². The van der Waals surface area contributed by atoms with Crippen LogP contribution in [0.1, 0.15) is 11.1 Å². The quantitative estimate of drug-likeness (QED) is 0.519. The molecule has 0 aliphatic rings. The highest BCUT2D eigenvalue weighted by molar-refractivity contribution is 5.66. The summed E-state index contributed by atoms with van der Waals surface area (Å²) in [6.45, 7) is 7.56. The molecule has 0 unspecified atom stereocenters. The Morgan fingerprint density at radius 1 is 0.625 bits per heavy atom. The van der Waals surface area contributed by atoms with Crippen LogP contribution in [-0.2, 0) is 12.8 Å². The maximum atomic E-state index is 4.82. The van der Waals surface area contributed by atoms with E-state index in [0.717, 1.165) is 35.4 Å². The van der Waals surface area contributed by atoms with Gasteiger partial charge in [-0.25, -0.2) is 4.98 Å². The van der Waals surface area contributed by atoms with Crippen molar-refractivity contribution in [1.82, 2.24) is 4.98 Å². The van der Waals surface area contributed by atoms with Crippen LogP contribution in [0.3, 0.4) is 0 Å². The maximum Gasteiger partial charge on any atom is 0.0709 e. The third-order valence-corrected chi connectivity index (χ3v) is 4.01. The molecule has 1 heteroatoms. The summed E-state index contributed by atoms with van der Waals surface area (Å²) in [5, 5.41) is 0. The highest BCUT2D eigenvalue weighted by Crippen LogP contribution is 2.23. The lowest BCUT2D eigenvalue weighted by Crippen LogP contribution is -1.89. The van der Waals surface area contributed by atoms with Crippen LogP contribution in [0.5, 0.6) is 0 Å². The molecule has 3 rings (SSSR count). The summed E-state index contributed by atoms with van der Waals surface area (Å²) in [5.74, 6) is 0. The van der Waals surface area contributed by atoms with Gasteiger partial charge in [-0.1, -0.05) is 66.7 Å². The SMILES string of the molecule is C=CCc1ccc(-c2cccc(-c3ccc(CC=C)cc3)n2)cc1. The molecule has 0 saturated heterocycles. The van der Waals surface area contributed by atoms with E-state index in [4.69, 9.17) is 4.98 Å². The number of pyridine rings is 1.